The summed E-state index contributed by atoms with van der Waals surface area (Å²) in [5, 5.41) is 3.20. The lowest BCUT2D eigenvalue weighted by Gasteiger charge is -2.27. The van der Waals surface area contributed by atoms with Crippen LogP contribution in [0.15, 0.2) is 71.0 Å². The van der Waals surface area contributed by atoms with Gasteiger partial charge in [-0.1, -0.05) is 46.3 Å². The van der Waals surface area contributed by atoms with Gasteiger partial charge in [-0.3, -0.25) is 0 Å². The summed E-state index contributed by atoms with van der Waals surface area (Å²) in [6.45, 7) is 2.75. The van der Waals surface area contributed by atoms with E-state index in [1.165, 1.54) is 11.3 Å². The van der Waals surface area contributed by atoms with Gasteiger partial charge in [0.05, 0.1) is 5.82 Å². The van der Waals surface area contributed by atoms with Crippen LogP contribution in [0.1, 0.15) is 5.56 Å². The number of rotatable bonds is 5. The Morgan fingerprint density at radius 3 is 2.45 bits per heavy atom. The Balaban J connectivity index is 1.80. The Morgan fingerprint density at radius 1 is 1.09 bits per heavy atom. The third-order valence-corrected chi connectivity index (χ3v) is 4.38. The molecule has 2 aromatic carbocycles. The molecule has 2 aromatic rings. The average Bonchev–Trinajstić information content (AvgIpc) is 2.94. The molecule has 0 radical (unpaired) electrons. The topological polar surface area (TPSA) is 41.3 Å². The zero-order valence-corrected chi connectivity index (χ0v) is 14.0. The predicted molar refractivity (Wildman–Crippen MR) is 95.4 cm³/mol. The number of nitrogens with zero attached hydrogens (tertiary/aromatic N) is 1. The number of benzene rings is 2. The lowest BCUT2D eigenvalue weighted by Crippen LogP contribution is -2.30. The summed E-state index contributed by atoms with van der Waals surface area (Å²) in [4.78, 5) is 2.41. The summed E-state index contributed by atoms with van der Waals surface area (Å²) in [7, 11) is 0. The van der Waals surface area contributed by atoms with Crippen LogP contribution < -0.4 is 16.0 Å². The molecule has 0 bridgehead atoms. The average molecular weight is 358 g/mol. The quantitative estimate of drug-likeness (QED) is 0.860. The lowest BCUT2D eigenvalue weighted by atomic mass is 10.1. The van der Waals surface area contributed by atoms with Crippen LogP contribution in [0, 0.1) is 5.92 Å². The van der Waals surface area contributed by atoms with Gasteiger partial charge in [-0.25, -0.2) is 0 Å². The SMILES string of the molecule is NC1=C[C@H](CN(Cc2ccccc2)c2ccc(Br)cc2)CN1. The molecule has 4 heteroatoms. The van der Waals surface area contributed by atoms with Gasteiger partial charge in [-0.15, -0.1) is 0 Å². The summed E-state index contributed by atoms with van der Waals surface area (Å²) < 4.78 is 1.10. The van der Waals surface area contributed by atoms with Crippen molar-refractivity contribution in [2.24, 2.45) is 11.7 Å². The van der Waals surface area contributed by atoms with Gasteiger partial charge in [0.1, 0.15) is 0 Å². The Morgan fingerprint density at radius 2 is 1.82 bits per heavy atom. The van der Waals surface area contributed by atoms with Gasteiger partial charge in [-0.2, -0.15) is 0 Å². The van der Waals surface area contributed by atoms with E-state index >= 15 is 0 Å². The van der Waals surface area contributed by atoms with Crippen LogP contribution >= 0.6 is 15.9 Å². The van der Waals surface area contributed by atoms with Gasteiger partial charge in [-0.05, 0) is 35.9 Å². The van der Waals surface area contributed by atoms with Gasteiger partial charge in [0, 0.05) is 35.7 Å². The second-order valence-corrected chi connectivity index (χ2v) is 6.52. The van der Waals surface area contributed by atoms with Crippen LogP contribution in [0.5, 0.6) is 0 Å². The maximum atomic E-state index is 5.84. The van der Waals surface area contributed by atoms with Crippen molar-refractivity contribution in [3.8, 4) is 0 Å². The van der Waals surface area contributed by atoms with Crippen molar-refractivity contribution < 1.29 is 0 Å². The molecule has 0 saturated carbocycles. The Hall–Kier alpha value is -1.94. The van der Waals surface area contributed by atoms with Gasteiger partial charge in [0.25, 0.3) is 0 Å². The highest BCUT2D eigenvalue weighted by atomic mass is 79.9. The first-order valence-corrected chi connectivity index (χ1v) is 8.25. The molecule has 3 N–H and O–H groups in total. The molecule has 0 aliphatic carbocycles. The molecule has 1 heterocycles. The van der Waals surface area contributed by atoms with E-state index in [1.54, 1.807) is 0 Å². The zero-order chi connectivity index (χ0) is 15.4. The van der Waals surface area contributed by atoms with Crippen LogP contribution in [0.3, 0.4) is 0 Å². The van der Waals surface area contributed by atoms with Crippen LogP contribution in [0.2, 0.25) is 0 Å². The van der Waals surface area contributed by atoms with Crippen LogP contribution in [-0.4, -0.2) is 13.1 Å². The first-order chi connectivity index (χ1) is 10.7. The number of anilines is 1. The van der Waals surface area contributed by atoms with Crippen molar-refractivity contribution in [1.82, 2.24) is 5.32 Å². The van der Waals surface area contributed by atoms with Crippen molar-refractivity contribution >= 4 is 21.6 Å². The Kier molecular flexibility index (Phi) is 4.68. The van der Waals surface area contributed by atoms with Crippen molar-refractivity contribution in [3.05, 3.63) is 76.5 Å². The number of nitrogens with two attached hydrogens (primary N) is 1. The van der Waals surface area contributed by atoms with Crippen molar-refractivity contribution in [1.29, 1.82) is 0 Å². The first kappa shape index (κ1) is 15.0. The summed E-state index contributed by atoms with van der Waals surface area (Å²) >= 11 is 3.50. The first-order valence-electron chi connectivity index (χ1n) is 7.46. The standard InChI is InChI=1S/C18H20BrN3/c19-16-6-8-17(9-7-16)22(12-14-4-2-1-3-5-14)13-15-10-18(20)21-11-15/h1-10,15,21H,11-13,20H2/t15-/m0/s1. The van der Waals surface area contributed by atoms with Crippen molar-refractivity contribution in [2.45, 2.75) is 6.54 Å². The largest absolute Gasteiger partial charge is 0.386 e. The smallest absolute Gasteiger partial charge is 0.0923 e. The second kappa shape index (κ2) is 6.88. The number of hydrogen-bond acceptors (Lipinski definition) is 3. The molecule has 3 nitrogen and oxygen atoms in total. The van der Waals surface area contributed by atoms with E-state index in [-0.39, 0.29) is 0 Å². The highest BCUT2D eigenvalue weighted by Crippen LogP contribution is 2.22. The highest BCUT2D eigenvalue weighted by Gasteiger charge is 2.18. The summed E-state index contributed by atoms with van der Waals surface area (Å²) in [6.07, 6.45) is 2.12. The molecule has 22 heavy (non-hydrogen) atoms. The summed E-state index contributed by atoms with van der Waals surface area (Å²) in [6, 6.07) is 19.1. The molecule has 0 unspecified atom stereocenters. The molecule has 0 spiro atoms. The minimum Gasteiger partial charge on any atom is -0.386 e. The van der Waals surface area contributed by atoms with Crippen LogP contribution in [0.25, 0.3) is 0 Å². The summed E-state index contributed by atoms with van der Waals surface area (Å²) in [5.41, 5.74) is 8.38. The number of halogens is 1. The predicted octanol–water partition coefficient (Wildman–Crippen LogP) is 3.48. The maximum Gasteiger partial charge on any atom is 0.0923 e. The van der Waals surface area contributed by atoms with Crippen LogP contribution in [0.4, 0.5) is 5.69 Å². The molecule has 0 saturated heterocycles. The number of hydrogen-bond donors (Lipinski definition) is 2. The van der Waals surface area contributed by atoms with E-state index in [0.717, 1.165) is 29.9 Å². The van der Waals surface area contributed by atoms with Crippen molar-refractivity contribution in [2.75, 3.05) is 18.0 Å². The third-order valence-electron chi connectivity index (χ3n) is 3.85. The molecular formula is C18H20BrN3. The maximum absolute atomic E-state index is 5.84. The fourth-order valence-electron chi connectivity index (χ4n) is 2.74. The Bertz CT molecular complexity index is 637. The third kappa shape index (κ3) is 3.83. The molecule has 1 aliphatic rings. The Labute approximate surface area is 139 Å². The second-order valence-electron chi connectivity index (χ2n) is 5.61. The minimum atomic E-state index is 0.437. The van der Waals surface area contributed by atoms with E-state index in [1.807, 2.05) is 0 Å². The van der Waals surface area contributed by atoms with Gasteiger partial charge >= 0.3 is 0 Å². The van der Waals surface area contributed by atoms with Crippen LogP contribution in [-0.2, 0) is 6.54 Å². The van der Waals surface area contributed by atoms with E-state index in [4.69, 9.17) is 5.73 Å². The van der Waals surface area contributed by atoms with Gasteiger partial charge < -0.3 is 16.0 Å². The van der Waals surface area contributed by atoms with Gasteiger partial charge in [0.15, 0.2) is 0 Å². The molecule has 3 rings (SSSR count). The monoisotopic (exact) mass is 357 g/mol. The molecule has 114 valence electrons. The van der Waals surface area contributed by atoms with Gasteiger partial charge in [0.2, 0.25) is 0 Å². The fourth-order valence-corrected chi connectivity index (χ4v) is 3.00. The minimum absolute atomic E-state index is 0.437. The van der Waals surface area contributed by atoms with E-state index in [2.05, 4.69) is 86.8 Å². The molecule has 0 aromatic heterocycles. The van der Waals surface area contributed by atoms with E-state index < -0.39 is 0 Å². The fraction of sp³-hybridized carbons (Fsp3) is 0.222. The highest BCUT2D eigenvalue weighted by molar-refractivity contribution is 9.10. The normalized spacial score (nSPS) is 17.0. The van der Waals surface area contributed by atoms with E-state index in [9.17, 15) is 0 Å². The molecular weight excluding hydrogens is 338 g/mol. The molecule has 1 atom stereocenters. The summed E-state index contributed by atoms with van der Waals surface area (Å²) in [5.74, 6) is 1.23. The molecule has 1 aliphatic heterocycles. The molecule has 0 fully saturated rings. The molecule has 0 amide bonds. The lowest BCUT2D eigenvalue weighted by molar-refractivity contribution is 0.615. The van der Waals surface area contributed by atoms with E-state index in [0.29, 0.717) is 5.92 Å². The number of nitrogens with one attached hydrogen (secondary N) is 1. The van der Waals surface area contributed by atoms with Crippen molar-refractivity contribution in [3.63, 3.8) is 0 Å². The zero-order valence-electron chi connectivity index (χ0n) is 12.4.